The second-order valence-corrected chi connectivity index (χ2v) is 9.11. The van der Waals surface area contributed by atoms with E-state index in [0.717, 1.165) is 6.07 Å². The van der Waals surface area contributed by atoms with E-state index in [0.29, 0.717) is 16.8 Å². The van der Waals surface area contributed by atoms with Crippen LogP contribution in [0, 0.1) is 11.6 Å². The van der Waals surface area contributed by atoms with Gasteiger partial charge in [-0.05, 0) is 53.6 Å². The molecule has 2 N–H and O–H groups in total. The van der Waals surface area contributed by atoms with Crippen molar-refractivity contribution in [2.24, 2.45) is 0 Å². The van der Waals surface area contributed by atoms with Crippen molar-refractivity contribution in [1.82, 2.24) is 10.0 Å². The lowest BCUT2D eigenvalue weighted by molar-refractivity contribution is 0.0950. The summed E-state index contributed by atoms with van der Waals surface area (Å²) in [6.07, 6.45) is 0. The largest absolute Gasteiger partial charge is 0.375 e. The number of sulfonamides is 1. The Kier molecular flexibility index (Phi) is 7.22. The topological polar surface area (TPSA) is 78.5 Å². The number of hydrogen-bond donors (Lipinski definition) is 2. The molecule has 3 aromatic rings. The molecule has 0 aliphatic rings. The average Bonchev–Trinajstić information content (AvgIpc) is 2.76. The Morgan fingerprint density at radius 3 is 2.25 bits per heavy atom. The Labute approximate surface area is 185 Å². The number of carbonyl (C=O) groups excluding carboxylic acids is 1. The first-order valence-corrected chi connectivity index (χ1v) is 11.2. The van der Waals surface area contributed by atoms with Gasteiger partial charge in [0, 0.05) is 32.7 Å². The van der Waals surface area contributed by atoms with Crippen molar-refractivity contribution in [1.29, 1.82) is 0 Å². The molecule has 3 aromatic carbocycles. The summed E-state index contributed by atoms with van der Waals surface area (Å²) in [5, 5.41) is 2.66. The normalized spacial score (nSPS) is 11.2. The van der Waals surface area contributed by atoms with E-state index < -0.39 is 27.6 Å². The van der Waals surface area contributed by atoms with Crippen molar-refractivity contribution in [2.45, 2.75) is 18.0 Å². The molecule has 0 bridgehead atoms. The molecule has 0 aliphatic carbocycles. The van der Waals surface area contributed by atoms with Gasteiger partial charge in [0.2, 0.25) is 10.0 Å². The molecule has 0 aromatic heterocycles. The summed E-state index contributed by atoms with van der Waals surface area (Å²) in [7, 11) is -0.441. The lowest BCUT2D eigenvalue weighted by Crippen LogP contribution is -2.25. The molecule has 0 unspecified atom stereocenters. The highest BCUT2D eigenvalue weighted by Gasteiger charge is 2.15. The Morgan fingerprint density at radius 2 is 1.59 bits per heavy atom. The summed E-state index contributed by atoms with van der Waals surface area (Å²) in [6, 6.07) is 15.9. The van der Waals surface area contributed by atoms with E-state index in [1.807, 2.05) is 0 Å². The second-order valence-electron chi connectivity index (χ2n) is 7.35. The molecule has 6 nitrogen and oxygen atoms in total. The van der Waals surface area contributed by atoms with Crippen molar-refractivity contribution in [3.05, 3.63) is 95.1 Å². The minimum absolute atomic E-state index is 0.0158. The summed E-state index contributed by atoms with van der Waals surface area (Å²) in [6.45, 7) is -0.00128. The summed E-state index contributed by atoms with van der Waals surface area (Å²) < 4.78 is 55.0. The number of halogens is 2. The second kappa shape index (κ2) is 9.88. The van der Waals surface area contributed by atoms with Crippen molar-refractivity contribution >= 4 is 21.6 Å². The van der Waals surface area contributed by atoms with Gasteiger partial charge in [-0.15, -0.1) is 0 Å². The predicted molar refractivity (Wildman–Crippen MR) is 119 cm³/mol. The van der Waals surface area contributed by atoms with E-state index >= 15 is 0 Å². The number of rotatable bonds is 8. The minimum atomic E-state index is -3.84. The van der Waals surface area contributed by atoms with E-state index in [4.69, 9.17) is 0 Å². The van der Waals surface area contributed by atoms with Crippen LogP contribution in [0.2, 0.25) is 0 Å². The molecule has 0 aliphatic heterocycles. The third-order valence-electron chi connectivity index (χ3n) is 4.71. The summed E-state index contributed by atoms with van der Waals surface area (Å²) in [5.74, 6) is -1.44. The van der Waals surface area contributed by atoms with Gasteiger partial charge in [0.15, 0.2) is 0 Å². The van der Waals surface area contributed by atoms with Crippen molar-refractivity contribution in [2.75, 3.05) is 19.0 Å². The molecular formula is C23H23F2N3O3S. The van der Waals surface area contributed by atoms with Crippen LogP contribution in [-0.2, 0) is 23.1 Å². The van der Waals surface area contributed by atoms with Crippen LogP contribution in [0.25, 0.3) is 0 Å². The Morgan fingerprint density at radius 1 is 0.906 bits per heavy atom. The number of amides is 1. The first kappa shape index (κ1) is 23.4. The Bertz CT molecular complexity index is 1230. The standard InChI is InChI=1S/C23H23F2N3O3S/c1-28(2)22-10-9-18(13-21(22)25)23(29)26-14-17-6-4-8-20(12-17)32(30,31)27-15-16-5-3-7-19(24)11-16/h3-13,27H,14-15H2,1-2H3,(H,26,29). The number of benzene rings is 3. The molecule has 168 valence electrons. The molecule has 0 spiro atoms. The van der Waals surface area contributed by atoms with E-state index in [1.54, 1.807) is 37.2 Å². The fourth-order valence-electron chi connectivity index (χ4n) is 3.03. The van der Waals surface area contributed by atoms with E-state index in [2.05, 4.69) is 10.0 Å². The van der Waals surface area contributed by atoms with Gasteiger partial charge in [-0.2, -0.15) is 0 Å². The van der Waals surface area contributed by atoms with E-state index in [-0.39, 0.29) is 23.5 Å². The first-order chi connectivity index (χ1) is 15.2. The Hall–Kier alpha value is -3.30. The molecule has 0 radical (unpaired) electrons. The molecule has 0 saturated heterocycles. The number of anilines is 1. The molecule has 3 rings (SSSR count). The molecular weight excluding hydrogens is 436 g/mol. The third-order valence-corrected chi connectivity index (χ3v) is 6.11. The van der Waals surface area contributed by atoms with Crippen molar-refractivity contribution in [3.63, 3.8) is 0 Å². The van der Waals surface area contributed by atoms with Crippen LogP contribution in [0.15, 0.2) is 71.6 Å². The maximum atomic E-state index is 14.1. The van der Waals surface area contributed by atoms with Crippen molar-refractivity contribution < 1.29 is 22.0 Å². The molecule has 1 amide bonds. The highest BCUT2D eigenvalue weighted by Crippen LogP contribution is 2.18. The van der Waals surface area contributed by atoms with Gasteiger partial charge < -0.3 is 10.2 Å². The summed E-state index contributed by atoms with van der Waals surface area (Å²) in [5.41, 5.74) is 1.57. The van der Waals surface area contributed by atoms with E-state index in [1.165, 1.54) is 42.5 Å². The third kappa shape index (κ3) is 5.89. The molecule has 9 heteroatoms. The highest BCUT2D eigenvalue weighted by molar-refractivity contribution is 7.89. The zero-order valence-corrected chi connectivity index (χ0v) is 18.4. The van der Waals surface area contributed by atoms with Gasteiger partial charge in [-0.1, -0.05) is 24.3 Å². The SMILES string of the molecule is CN(C)c1ccc(C(=O)NCc2cccc(S(=O)(=O)NCc3cccc(F)c3)c2)cc1F. The lowest BCUT2D eigenvalue weighted by Gasteiger charge is -2.14. The highest BCUT2D eigenvalue weighted by atomic mass is 32.2. The van der Waals surface area contributed by atoms with Gasteiger partial charge >= 0.3 is 0 Å². The number of hydrogen-bond acceptors (Lipinski definition) is 4. The smallest absolute Gasteiger partial charge is 0.251 e. The molecule has 0 saturated carbocycles. The maximum Gasteiger partial charge on any atom is 0.251 e. The van der Waals surface area contributed by atoms with Crippen LogP contribution in [0.3, 0.4) is 0 Å². The first-order valence-electron chi connectivity index (χ1n) is 9.74. The summed E-state index contributed by atoms with van der Waals surface area (Å²) >= 11 is 0. The van der Waals surface area contributed by atoms with Gasteiger partial charge in [-0.3, -0.25) is 4.79 Å². The van der Waals surface area contributed by atoms with Crippen LogP contribution in [0.5, 0.6) is 0 Å². The predicted octanol–water partition coefficient (Wildman–Crippen LogP) is 3.44. The fourth-order valence-corrected chi connectivity index (χ4v) is 4.11. The average molecular weight is 460 g/mol. The number of nitrogens with zero attached hydrogens (tertiary/aromatic N) is 1. The molecule has 0 heterocycles. The van der Waals surface area contributed by atoms with Crippen LogP contribution in [0.4, 0.5) is 14.5 Å². The molecule has 0 fully saturated rings. The zero-order valence-electron chi connectivity index (χ0n) is 17.6. The number of carbonyl (C=O) groups is 1. The van der Waals surface area contributed by atoms with Crippen LogP contribution in [-0.4, -0.2) is 28.4 Å². The Balaban J connectivity index is 1.65. The van der Waals surface area contributed by atoms with Gasteiger partial charge in [0.05, 0.1) is 10.6 Å². The van der Waals surface area contributed by atoms with Gasteiger partial charge in [0.1, 0.15) is 11.6 Å². The van der Waals surface area contributed by atoms with Crippen LogP contribution in [0.1, 0.15) is 21.5 Å². The maximum absolute atomic E-state index is 14.1. The van der Waals surface area contributed by atoms with Crippen LogP contribution < -0.4 is 14.9 Å². The fraction of sp³-hybridized carbons (Fsp3) is 0.174. The summed E-state index contributed by atoms with van der Waals surface area (Å²) in [4.78, 5) is 14.0. The lowest BCUT2D eigenvalue weighted by atomic mass is 10.1. The monoisotopic (exact) mass is 459 g/mol. The van der Waals surface area contributed by atoms with Gasteiger partial charge in [0.25, 0.3) is 5.91 Å². The zero-order chi connectivity index (χ0) is 23.3. The van der Waals surface area contributed by atoms with Crippen molar-refractivity contribution in [3.8, 4) is 0 Å². The molecule has 32 heavy (non-hydrogen) atoms. The minimum Gasteiger partial charge on any atom is -0.375 e. The number of nitrogens with one attached hydrogen (secondary N) is 2. The quantitative estimate of drug-likeness (QED) is 0.541. The van der Waals surface area contributed by atoms with E-state index in [9.17, 15) is 22.0 Å². The van der Waals surface area contributed by atoms with Crippen LogP contribution >= 0.6 is 0 Å². The molecule has 0 atom stereocenters. The van der Waals surface area contributed by atoms with Gasteiger partial charge in [-0.25, -0.2) is 21.9 Å².